The second-order valence-electron chi connectivity index (χ2n) is 5.26. The van der Waals surface area contributed by atoms with Gasteiger partial charge in [0, 0.05) is 6.54 Å². The highest BCUT2D eigenvalue weighted by Crippen LogP contribution is 2.12. The van der Waals surface area contributed by atoms with Crippen LogP contribution in [0.3, 0.4) is 0 Å². The van der Waals surface area contributed by atoms with Crippen LogP contribution in [0.2, 0.25) is 0 Å². The first-order valence-corrected chi connectivity index (χ1v) is 7.76. The highest BCUT2D eigenvalue weighted by Gasteiger charge is 2.11. The van der Waals surface area contributed by atoms with E-state index in [1.54, 1.807) is 24.3 Å². The van der Waals surface area contributed by atoms with Crippen molar-refractivity contribution in [2.75, 3.05) is 13.2 Å². The summed E-state index contributed by atoms with van der Waals surface area (Å²) in [5, 5.41) is 0. The summed E-state index contributed by atoms with van der Waals surface area (Å²) in [6, 6.07) is 12.6. The zero-order valence-corrected chi connectivity index (χ0v) is 13.3. The molecule has 0 saturated carbocycles. The molecule has 0 N–H and O–H groups in total. The first kappa shape index (κ1) is 16.8. The number of aromatic nitrogens is 1. The van der Waals surface area contributed by atoms with Crippen molar-refractivity contribution in [3.8, 4) is 5.75 Å². The first-order valence-electron chi connectivity index (χ1n) is 7.76. The molecule has 7 heteroatoms. The van der Waals surface area contributed by atoms with E-state index in [1.807, 2.05) is 0 Å². The number of hydrogen-bond donors (Lipinski definition) is 0. The lowest BCUT2D eigenvalue weighted by Gasteiger charge is -2.07. The van der Waals surface area contributed by atoms with Crippen molar-refractivity contribution in [1.82, 2.24) is 4.57 Å². The average molecular weight is 345 g/mol. The molecule has 130 valence electrons. The summed E-state index contributed by atoms with van der Waals surface area (Å²) >= 11 is 0. The van der Waals surface area contributed by atoms with E-state index >= 15 is 0 Å². The minimum absolute atomic E-state index is 0.0416. The van der Waals surface area contributed by atoms with Crippen LogP contribution in [0.25, 0.3) is 11.1 Å². The van der Waals surface area contributed by atoms with Crippen molar-refractivity contribution in [3.05, 3.63) is 64.9 Å². The number of carbonyl (C=O) groups excluding carboxylic acids is 1. The van der Waals surface area contributed by atoms with Crippen molar-refractivity contribution in [1.29, 1.82) is 0 Å². The van der Waals surface area contributed by atoms with Gasteiger partial charge in [-0.3, -0.25) is 9.36 Å². The Morgan fingerprint density at radius 2 is 1.84 bits per heavy atom. The Kier molecular flexibility index (Phi) is 5.13. The Hall–Kier alpha value is -3.09. The molecular formula is C18H16FNO5. The van der Waals surface area contributed by atoms with Gasteiger partial charge in [-0.2, -0.15) is 0 Å². The van der Waals surface area contributed by atoms with Crippen LogP contribution in [0, 0.1) is 5.82 Å². The van der Waals surface area contributed by atoms with E-state index < -0.39 is 11.7 Å². The van der Waals surface area contributed by atoms with E-state index in [0.29, 0.717) is 16.8 Å². The Morgan fingerprint density at radius 1 is 1.08 bits per heavy atom. The van der Waals surface area contributed by atoms with Crippen molar-refractivity contribution in [3.63, 3.8) is 0 Å². The fourth-order valence-corrected chi connectivity index (χ4v) is 2.35. The van der Waals surface area contributed by atoms with Crippen LogP contribution < -0.4 is 10.5 Å². The van der Waals surface area contributed by atoms with Crippen molar-refractivity contribution >= 4 is 17.1 Å². The van der Waals surface area contributed by atoms with Crippen LogP contribution in [-0.2, 0) is 16.1 Å². The van der Waals surface area contributed by atoms with E-state index in [2.05, 4.69) is 0 Å². The fourth-order valence-electron chi connectivity index (χ4n) is 2.35. The lowest BCUT2D eigenvalue weighted by Crippen LogP contribution is -2.18. The lowest BCUT2D eigenvalue weighted by atomic mass is 10.3. The van der Waals surface area contributed by atoms with Crippen molar-refractivity contribution < 1.29 is 23.1 Å². The number of benzene rings is 2. The quantitative estimate of drug-likeness (QED) is 0.486. The van der Waals surface area contributed by atoms with Crippen LogP contribution >= 0.6 is 0 Å². The van der Waals surface area contributed by atoms with Crippen molar-refractivity contribution in [2.45, 2.75) is 13.0 Å². The molecule has 3 aromatic rings. The lowest BCUT2D eigenvalue weighted by molar-refractivity contribution is -0.144. The van der Waals surface area contributed by atoms with Gasteiger partial charge in [-0.15, -0.1) is 0 Å². The number of fused-ring (bicyclic) bond motifs is 1. The molecule has 2 aromatic carbocycles. The van der Waals surface area contributed by atoms with Crippen LogP contribution in [0.4, 0.5) is 4.39 Å². The van der Waals surface area contributed by atoms with Gasteiger partial charge in [0.05, 0.1) is 11.9 Å². The van der Waals surface area contributed by atoms with Gasteiger partial charge in [-0.05, 0) is 36.4 Å². The highest BCUT2D eigenvalue weighted by molar-refractivity contribution is 5.73. The van der Waals surface area contributed by atoms with Gasteiger partial charge in [-0.1, -0.05) is 12.1 Å². The number of rotatable bonds is 7. The monoisotopic (exact) mass is 345 g/mol. The number of carbonyl (C=O) groups is 1. The molecule has 25 heavy (non-hydrogen) atoms. The second-order valence-corrected chi connectivity index (χ2v) is 5.26. The summed E-state index contributed by atoms with van der Waals surface area (Å²) in [6.45, 7) is 0.400. The number of oxazole rings is 1. The standard InChI is InChI=1S/C18H16FNO5/c19-13-5-7-14(8-6-13)23-11-12-24-17(21)9-10-20-15-3-1-2-4-16(15)25-18(20)22/h1-8H,9-12H2. The Balaban J connectivity index is 1.44. The maximum atomic E-state index is 12.8. The largest absolute Gasteiger partial charge is 0.490 e. The molecule has 0 atom stereocenters. The van der Waals surface area contributed by atoms with Gasteiger partial charge >= 0.3 is 11.7 Å². The van der Waals surface area contributed by atoms with E-state index in [1.165, 1.54) is 28.8 Å². The van der Waals surface area contributed by atoms with Crippen molar-refractivity contribution in [2.24, 2.45) is 0 Å². The minimum Gasteiger partial charge on any atom is -0.490 e. The van der Waals surface area contributed by atoms with E-state index in [9.17, 15) is 14.0 Å². The Labute approximate surface area is 142 Å². The summed E-state index contributed by atoms with van der Waals surface area (Å²) < 4.78 is 29.6. The number of ether oxygens (including phenoxy) is 2. The predicted molar refractivity (Wildman–Crippen MR) is 87.9 cm³/mol. The zero-order chi connectivity index (χ0) is 17.6. The van der Waals surface area contributed by atoms with E-state index in [4.69, 9.17) is 13.9 Å². The number of esters is 1. The summed E-state index contributed by atoms with van der Waals surface area (Å²) in [5.74, 6) is -0.803. The van der Waals surface area contributed by atoms with Gasteiger partial charge in [-0.25, -0.2) is 9.18 Å². The molecule has 0 bridgehead atoms. The highest BCUT2D eigenvalue weighted by atomic mass is 19.1. The number of nitrogens with zero attached hydrogens (tertiary/aromatic N) is 1. The number of halogens is 1. The Morgan fingerprint density at radius 3 is 2.64 bits per heavy atom. The molecule has 1 heterocycles. The number of para-hydroxylation sites is 2. The summed E-state index contributed by atoms with van der Waals surface area (Å²) in [6.07, 6.45) is 0.0416. The minimum atomic E-state index is -0.506. The Bertz CT molecular complexity index is 913. The molecule has 0 spiro atoms. The molecule has 0 unspecified atom stereocenters. The fraction of sp³-hybridized carbons (Fsp3) is 0.222. The normalized spacial score (nSPS) is 10.8. The SMILES string of the molecule is O=C(CCn1c(=O)oc2ccccc21)OCCOc1ccc(F)cc1. The molecule has 0 amide bonds. The molecule has 6 nitrogen and oxygen atoms in total. The van der Waals surface area contributed by atoms with Gasteiger partial charge < -0.3 is 13.9 Å². The predicted octanol–water partition coefficient (Wildman–Crippen LogP) is 2.75. The van der Waals surface area contributed by atoms with Gasteiger partial charge in [0.25, 0.3) is 0 Å². The number of hydrogen-bond acceptors (Lipinski definition) is 5. The molecule has 0 radical (unpaired) electrons. The van der Waals surface area contributed by atoms with Gasteiger partial charge in [0.15, 0.2) is 5.58 Å². The summed E-state index contributed by atoms with van der Waals surface area (Å²) in [7, 11) is 0. The first-order chi connectivity index (χ1) is 12.1. The topological polar surface area (TPSA) is 70.7 Å². The maximum Gasteiger partial charge on any atom is 0.419 e. The third kappa shape index (κ3) is 4.26. The molecule has 1 aromatic heterocycles. The zero-order valence-electron chi connectivity index (χ0n) is 13.3. The molecule has 0 fully saturated rings. The third-order valence-electron chi connectivity index (χ3n) is 3.54. The molecule has 3 rings (SSSR count). The molecule has 0 saturated heterocycles. The second kappa shape index (κ2) is 7.65. The van der Waals surface area contributed by atoms with Gasteiger partial charge in [0.1, 0.15) is 24.8 Å². The van der Waals surface area contributed by atoms with E-state index in [0.717, 1.165) is 0 Å². The van der Waals surface area contributed by atoms with Crippen LogP contribution in [0.15, 0.2) is 57.7 Å². The third-order valence-corrected chi connectivity index (χ3v) is 3.54. The van der Waals surface area contributed by atoms with Crippen LogP contribution in [0.1, 0.15) is 6.42 Å². The molecule has 0 aliphatic heterocycles. The summed E-state index contributed by atoms with van der Waals surface area (Å²) in [4.78, 5) is 23.6. The molecule has 0 aliphatic carbocycles. The molecular weight excluding hydrogens is 329 g/mol. The van der Waals surface area contributed by atoms with Crippen LogP contribution in [-0.4, -0.2) is 23.8 Å². The average Bonchev–Trinajstić information content (AvgIpc) is 2.93. The number of aryl methyl sites for hydroxylation is 1. The van der Waals surface area contributed by atoms with Gasteiger partial charge in [0.2, 0.25) is 0 Å². The summed E-state index contributed by atoms with van der Waals surface area (Å²) in [5.41, 5.74) is 1.12. The smallest absolute Gasteiger partial charge is 0.419 e. The van der Waals surface area contributed by atoms with Crippen LogP contribution in [0.5, 0.6) is 5.75 Å². The van der Waals surface area contributed by atoms with E-state index in [-0.39, 0.29) is 32.0 Å². The molecule has 0 aliphatic rings. The maximum absolute atomic E-state index is 12.8.